The van der Waals surface area contributed by atoms with E-state index in [4.69, 9.17) is 5.11 Å². The van der Waals surface area contributed by atoms with Crippen LogP contribution in [0.3, 0.4) is 0 Å². The molecule has 0 fully saturated rings. The number of carbonyl (C=O) groups is 1. The van der Waals surface area contributed by atoms with Gasteiger partial charge in [-0.2, -0.15) is 0 Å². The van der Waals surface area contributed by atoms with Crippen LogP contribution in [0.15, 0.2) is 26.1 Å². The molecule has 18 heavy (non-hydrogen) atoms. The van der Waals surface area contributed by atoms with Crippen LogP contribution in [-0.4, -0.2) is 28.4 Å². The van der Waals surface area contributed by atoms with Crippen molar-refractivity contribution >= 4 is 44.0 Å². The summed E-state index contributed by atoms with van der Waals surface area (Å²) in [6.45, 7) is 3.57. The third-order valence-electron chi connectivity index (χ3n) is 2.32. The monoisotopic (exact) mass is 377 g/mol. The van der Waals surface area contributed by atoms with Crippen molar-refractivity contribution in [3.63, 3.8) is 0 Å². The summed E-state index contributed by atoms with van der Waals surface area (Å²) >= 11 is 6.50. The minimum absolute atomic E-state index is 0.0369. The first kappa shape index (κ1) is 15.2. The van der Waals surface area contributed by atoms with Gasteiger partial charge in [0, 0.05) is 16.3 Å². The molecular formula is C12H13Br2NO3. The molecule has 0 aromatic heterocycles. The number of phenolic OH excluding ortho intramolecular Hbond substituents is 1. The predicted octanol–water partition coefficient (Wildman–Crippen LogP) is 3.45. The molecule has 0 amide bonds. The van der Waals surface area contributed by atoms with Crippen molar-refractivity contribution < 1.29 is 15.0 Å². The average molecular weight is 379 g/mol. The zero-order valence-electron chi connectivity index (χ0n) is 9.89. The number of nitrogens with zero attached hydrogens (tertiary/aromatic N) is 1. The first-order valence-electron chi connectivity index (χ1n) is 5.27. The number of halogens is 2. The van der Waals surface area contributed by atoms with E-state index in [9.17, 15) is 9.90 Å². The van der Waals surface area contributed by atoms with Crippen LogP contribution >= 0.6 is 31.9 Å². The van der Waals surface area contributed by atoms with Crippen molar-refractivity contribution in [2.24, 2.45) is 10.9 Å². The minimum Gasteiger partial charge on any atom is -0.506 e. The molecule has 0 aliphatic carbocycles. The number of phenols is 1. The van der Waals surface area contributed by atoms with E-state index in [1.165, 1.54) is 6.21 Å². The molecule has 0 aliphatic rings. The van der Waals surface area contributed by atoms with Crippen molar-refractivity contribution in [1.29, 1.82) is 0 Å². The standard InChI is InChI=1S/C12H13Br2NO3/c1-6(2)10(12(17)18)15-5-7-3-8(13)4-9(14)11(7)16/h3-6,10,16H,1-2H3,(H,17,18). The number of hydrogen-bond donors (Lipinski definition) is 2. The van der Waals surface area contributed by atoms with Crippen LogP contribution in [0.4, 0.5) is 0 Å². The van der Waals surface area contributed by atoms with E-state index in [0.29, 0.717) is 10.0 Å². The van der Waals surface area contributed by atoms with E-state index in [2.05, 4.69) is 36.9 Å². The molecule has 0 heterocycles. The van der Waals surface area contributed by atoms with Gasteiger partial charge in [-0.25, -0.2) is 4.79 Å². The Morgan fingerprint density at radius 3 is 2.50 bits per heavy atom. The SMILES string of the molecule is CC(C)C(N=Cc1cc(Br)cc(Br)c1O)C(=O)O. The van der Waals surface area contributed by atoms with Crippen molar-refractivity contribution in [2.75, 3.05) is 0 Å². The van der Waals surface area contributed by atoms with Gasteiger partial charge in [0.05, 0.1) is 4.47 Å². The first-order valence-corrected chi connectivity index (χ1v) is 6.85. The van der Waals surface area contributed by atoms with Crippen LogP contribution in [0.2, 0.25) is 0 Å². The summed E-state index contributed by atoms with van der Waals surface area (Å²) in [6, 6.07) is 2.55. The number of rotatable bonds is 4. The lowest BCUT2D eigenvalue weighted by Gasteiger charge is -2.11. The lowest BCUT2D eigenvalue weighted by molar-refractivity contribution is -0.139. The lowest BCUT2D eigenvalue weighted by atomic mass is 10.1. The van der Waals surface area contributed by atoms with Gasteiger partial charge in [-0.15, -0.1) is 0 Å². The zero-order chi connectivity index (χ0) is 13.9. The van der Waals surface area contributed by atoms with Crippen molar-refractivity contribution in [2.45, 2.75) is 19.9 Å². The maximum absolute atomic E-state index is 11.0. The Kier molecular flexibility index (Phi) is 5.34. The van der Waals surface area contributed by atoms with Gasteiger partial charge >= 0.3 is 5.97 Å². The summed E-state index contributed by atoms with van der Waals surface area (Å²) in [5.41, 5.74) is 0.461. The molecule has 4 nitrogen and oxygen atoms in total. The van der Waals surface area contributed by atoms with Crippen LogP contribution in [0, 0.1) is 5.92 Å². The molecule has 98 valence electrons. The smallest absolute Gasteiger partial charge is 0.328 e. The fourth-order valence-electron chi connectivity index (χ4n) is 1.37. The first-order chi connectivity index (χ1) is 8.32. The third kappa shape index (κ3) is 3.81. The molecule has 0 saturated heterocycles. The molecule has 1 unspecified atom stereocenters. The summed E-state index contributed by atoms with van der Waals surface area (Å²) in [4.78, 5) is 15.0. The van der Waals surface area contributed by atoms with Gasteiger partial charge in [-0.3, -0.25) is 4.99 Å². The number of carboxylic acid groups (broad SMARTS) is 1. The van der Waals surface area contributed by atoms with Crippen LogP contribution in [0.1, 0.15) is 19.4 Å². The fourth-order valence-corrected chi connectivity index (χ4v) is 2.62. The Hall–Kier alpha value is -0.880. The second-order valence-corrected chi connectivity index (χ2v) is 5.90. The quantitative estimate of drug-likeness (QED) is 0.788. The Morgan fingerprint density at radius 2 is 2.00 bits per heavy atom. The van der Waals surface area contributed by atoms with E-state index in [-0.39, 0.29) is 11.7 Å². The molecule has 1 aromatic rings. The summed E-state index contributed by atoms with van der Waals surface area (Å²) in [5, 5.41) is 18.8. The highest BCUT2D eigenvalue weighted by molar-refractivity contribution is 9.11. The van der Waals surface area contributed by atoms with Gasteiger partial charge in [0.1, 0.15) is 11.8 Å². The van der Waals surface area contributed by atoms with Gasteiger partial charge in [-0.05, 0) is 34.0 Å². The number of hydrogen-bond acceptors (Lipinski definition) is 3. The fraction of sp³-hybridized carbons (Fsp3) is 0.333. The van der Waals surface area contributed by atoms with Gasteiger partial charge in [-0.1, -0.05) is 29.8 Å². The molecule has 0 spiro atoms. The maximum Gasteiger partial charge on any atom is 0.328 e. The molecular weight excluding hydrogens is 366 g/mol. The second kappa shape index (κ2) is 6.33. The highest BCUT2D eigenvalue weighted by Gasteiger charge is 2.19. The Morgan fingerprint density at radius 1 is 1.39 bits per heavy atom. The van der Waals surface area contributed by atoms with Crippen molar-refractivity contribution in [3.8, 4) is 5.75 Å². The molecule has 1 rings (SSSR count). The molecule has 0 bridgehead atoms. The van der Waals surface area contributed by atoms with Crippen LogP contribution in [0.5, 0.6) is 5.75 Å². The van der Waals surface area contributed by atoms with Crippen LogP contribution < -0.4 is 0 Å². The lowest BCUT2D eigenvalue weighted by Crippen LogP contribution is -2.24. The van der Waals surface area contributed by atoms with E-state index in [0.717, 1.165) is 4.47 Å². The molecule has 0 saturated carbocycles. The van der Waals surface area contributed by atoms with E-state index in [1.54, 1.807) is 26.0 Å². The van der Waals surface area contributed by atoms with E-state index < -0.39 is 12.0 Å². The molecule has 1 aromatic carbocycles. The third-order valence-corrected chi connectivity index (χ3v) is 3.38. The Bertz CT molecular complexity index is 486. The molecule has 0 radical (unpaired) electrons. The highest BCUT2D eigenvalue weighted by Crippen LogP contribution is 2.30. The average Bonchev–Trinajstić information content (AvgIpc) is 2.23. The van der Waals surface area contributed by atoms with Gasteiger partial charge in [0.25, 0.3) is 0 Å². The van der Waals surface area contributed by atoms with Gasteiger partial charge in [0.2, 0.25) is 0 Å². The molecule has 1 atom stereocenters. The van der Waals surface area contributed by atoms with Crippen LogP contribution in [0.25, 0.3) is 0 Å². The zero-order valence-corrected chi connectivity index (χ0v) is 13.1. The summed E-state index contributed by atoms with van der Waals surface area (Å²) in [7, 11) is 0. The van der Waals surface area contributed by atoms with Gasteiger partial charge in [0.15, 0.2) is 0 Å². The number of aromatic hydroxyl groups is 1. The normalized spacial score (nSPS) is 13.2. The predicted molar refractivity (Wildman–Crippen MR) is 77.4 cm³/mol. The molecule has 6 heteroatoms. The number of aliphatic carboxylic acids is 1. The maximum atomic E-state index is 11.0. The topological polar surface area (TPSA) is 69.9 Å². The Labute approximate surface area is 122 Å². The number of carboxylic acids is 1. The van der Waals surface area contributed by atoms with E-state index >= 15 is 0 Å². The number of aliphatic imine (C=N–C) groups is 1. The summed E-state index contributed by atoms with van der Waals surface area (Å²) < 4.78 is 1.29. The summed E-state index contributed by atoms with van der Waals surface area (Å²) in [5.74, 6) is -1.05. The minimum atomic E-state index is -0.977. The molecule has 2 N–H and O–H groups in total. The second-order valence-electron chi connectivity index (χ2n) is 4.13. The molecule has 0 aliphatic heterocycles. The number of benzene rings is 1. The van der Waals surface area contributed by atoms with Gasteiger partial charge < -0.3 is 10.2 Å². The van der Waals surface area contributed by atoms with Crippen molar-refractivity contribution in [3.05, 3.63) is 26.6 Å². The highest BCUT2D eigenvalue weighted by atomic mass is 79.9. The van der Waals surface area contributed by atoms with Crippen LogP contribution in [-0.2, 0) is 4.79 Å². The summed E-state index contributed by atoms with van der Waals surface area (Å²) in [6.07, 6.45) is 1.38. The van der Waals surface area contributed by atoms with Crippen molar-refractivity contribution in [1.82, 2.24) is 0 Å². The largest absolute Gasteiger partial charge is 0.506 e. The Balaban J connectivity index is 3.06. The van der Waals surface area contributed by atoms with E-state index in [1.807, 2.05) is 0 Å².